The number of rotatable bonds is 8. The fourth-order valence-corrected chi connectivity index (χ4v) is 3.72. The molecule has 0 radical (unpaired) electrons. The number of para-hydroxylation sites is 1. The van der Waals surface area contributed by atoms with Gasteiger partial charge in [0.15, 0.2) is 11.6 Å². The first-order valence-corrected chi connectivity index (χ1v) is 10.0. The molecule has 7 nitrogen and oxygen atoms in total. The highest BCUT2D eigenvalue weighted by atomic mass is 16.1. The third-order valence-corrected chi connectivity index (χ3v) is 5.14. The van der Waals surface area contributed by atoms with Gasteiger partial charge in [0, 0.05) is 37.2 Å². The van der Waals surface area contributed by atoms with Crippen LogP contribution < -0.4 is 5.73 Å². The van der Waals surface area contributed by atoms with Crippen molar-refractivity contribution < 1.29 is 4.79 Å². The van der Waals surface area contributed by atoms with Crippen molar-refractivity contribution >= 4 is 33.5 Å². The molecule has 29 heavy (non-hydrogen) atoms. The number of imidazole rings is 1. The number of aryl methyl sites for hydroxylation is 2. The number of ketones is 1. The molecular weight excluding hydrogens is 364 g/mol. The number of carbonyl (C=O) groups excluding carboxylic acids is 1. The van der Waals surface area contributed by atoms with Crippen LogP contribution in [0, 0.1) is 0 Å². The van der Waals surface area contributed by atoms with Crippen molar-refractivity contribution in [2.45, 2.75) is 45.6 Å². The molecule has 0 aliphatic rings. The number of hydrogen-bond donors (Lipinski definition) is 1. The maximum atomic E-state index is 12.2. The maximum Gasteiger partial charge on any atom is 0.182 e. The number of nitrogens with two attached hydrogens (primary N) is 1. The van der Waals surface area contributed by atoms with Gasteiger partial charge in [0.25, 0.3) is 0 Å². The van der Waals surface area contributed by atoms with Gasteiger partial charge in [-0.15, -0.1) is 0 Å². The van der Waals surface area contributed by atoms with E-state index in [0.717, 1.165) is 60.0 Å². The highest BCUT2D eigenvalue weighted by molar-refractivity contribution is 6.06. The third kappa shape index (κ3) is 3.81. The monoisotopic (exact) mass is 388 g/mol. The Morgan fingerprint density at radius 1 is 1.10 bits per heavy atom. The standard InChI is InChI=1S/C22H24N6O/c1-2-19-27-20-21(15-8-5-6-9-16(15)26-22(20)23)28(19)13-7-3-4-10-18(29)17-14-24-11-12-25-17/h5-6,8-9,11-12,14H,2-4,7,10,13H2,1H3,(H2,23,26). The van der Waals surface area contributed by atoms with Crippen LogP contribution in [0.3, 0.4) is 0 Å². The number of benzene rings is 1. The zero-order chi connectivity index (χ0) is 20.2. The molecule has 3 heterocycles. The second kappa shape index (κ2) is 8.34. The van der Waals surface area contributed by atoms with Crippen molar-refractivity contribution in [3.8, 4) is 0 Å². The predicted octanol–water partition coefficient (Wildman–Crippen LogP) is 3.96. The van der Waals surface area contributed by atoms with Crippen LogP contribution in [0.5, 0.6) is 0 Å². The molecule has 0 aliphatic heterocycles. The van der Waals surface area contributed by atoms with E-state index < -0.39 is 0 Å². The van der Waals surface area contributed by atoms with Crippen molar-refractivity contribution in [2.75, 3.05) is 5.73 Å². The number of fused-ring (bicyclic) bond motifs is 3. The first-order valence-electron chi connectivity index (χ1n) is 10.0. The Kier molecular flexibility index (Phi) is 5.46. The third-order valence-electron chi connectivity index (χ3n) is 5.14. The van der Waals surface area contributed by atoms with E-state index in [1.807, 2.05) is 18.2 Å². The van der Waals surface area contributed by atoms with E-state index in [-0.39, 0.29) is 5.78 Å². The van der Waals surface area contributed by atoms with E-state index in [1.54, 1.807) is 12.4 Å². The lowest BCUT2D eigenvalue weighted by Crippen LogP contribution is -2.05. The summed E-state index contributed by atoms with van der Waals surface area (Å²) in [6.07, 6.45) is 8.70. The summed E-state index contributed by atoms with van der Waals surface area (Å²) in [6, 6.07) is 8.03. The summed E-state index contributed by atoms with van der Waals surface area (Å²) < 4.78 is 2.26. The molecule has 0 saturated heterocycles. The molecule has 4 rings (SSSR count). The fraction of sp³-hybridized carbons (Fsp3) is 0.318. The molecule has 0 amide bonds. The van der Waals surface area contributed by atoms with Crippen LogP contribution in [0.1, 0.15) is 48.9 Å². The Morgan fingerprint density at radius 2 is 1.97 bits per heavy atom. The number of nitrogen functional groups attached to an aromatic ring is 1. The molecule has 0 fully saturated rings. The molecule has 0 aliphatic carbocycles. The lowest BCUT2D eigenvalue weighted by Gasteiger charge is -2.10. The predicted molar refractivity (Wildman–Crippen MR) is 114 cm³/mol. The summed E-state index contributed by atoms with van der Waals surface area (Å²) >= 11 is 0. The van der Waals surface area contributed by atoms with Gasteiger partial charge in [0.1, 0.15) is 17.0 Å². The zero-order valence-electron chi connectivity index (χ0n) is 16.5. The van der Waals surface area contributed by atoms with E-state index >= 15 is 0 Å². The second-order valence-corrected chi connectivity index (χ2v) is 7.07. The van der Waals surface area contributed by atoms with Crippen LogP contribution in [-0.4, -0.2) is 30.3 Å². The smallest absolute Gasteiger partial charge is 0.182 e. The Hall–Kier alpha value is -3.35. The van der Waals surface area contributed by atoms with Gasteiger partial charge in [-0.25, -0.2) is 15.0 Å². The number of carbonyl (C=O) groups is 1. The van der Waals surface area contributed by atoms with Crippen molar-refractivity contribution in [1.82, 2.24) is 24.5 Å². The highest BCUT2D eigenvalue weighted by Gasteiger charge is 2.16. The van der Waals surface area contributed by atoms with Crippen LogP contribution >= 0.6 is 0 Å². The topological polar surface area (TPSA) is 99.6 Å². The van der Waals surface area contributed by atoms with Crippen molar-refractivity contribution in [3.63, 3.8) is 0 Å². The van der Waals surface area contributed by atoms with Crippen molar-refractivity contribution in [1.29, 1.82) is 0 Å². The minimum Gasteiger partial charge on any atom is -0.382 e. The Bertz CT molecular complexity index is 1150. The van der Waals surface area contributed by atoms with Gasteiger partial charge in [-0.1, -0.05) is 31.5 Å². The lowest BCUT2D eigenvalue weighted by molar-refractivity contribution is 0.0974. The van der Waals surface area contributed by atoms with Crippen molar-refractivity contribution in [2.24, 2.45) is 0 Å². The highest BCUT2D eigenvalue weighted by Crippen LogP contribution is 2.29. The molecular formula is C22H24N6O. The van der Waals surface area contributed by atoms with E-state index in [9.17, 15) is 4.79 Å². The minimum absolute atomic E-state index is 0.0465. The summed E-state index contributed by atoms with van der Waals surface area (Å²) in [5, 5.41) is 1.07. The molecule has 0 unspecified atom stereocenters. The number of aromatic nitrogens is 5. The number of unbranched alkanes of at least 4 members (excludes halogenated alkanes) is 2. The lowest BCUT2D eigenvalue weighted by atomic mass is 10.1. The van der Waals surface area contributed by atoms with Gasteiger partial charge in [-0.3, -0.25) is 9.78 Å². The molecule has 0 atom stereocenters. The maximum absolute atomic E-state index is 12.2. The molecule has 0 saturated carbocycles. The normalized spacial score (nSPS) is 11.3. The number of anilines is 1. The van der Waals surface area contributed by atoms with E-state index in [0.29, 0.717) is 17.9 Å². The Labute approximate surface area is 169 Å². The summed E-state index contributed by atoms with van der Waals surface area (Å²) in [6.45, 7) is 2.94. The number of nitrogens with zero attached hydrogens (tertiary/aromatic N) is 5. The van der Waals surface area contributed by atoms with Gasteiger partial charge in [-0.2, -0.15) is 0 Å². The molecule has 3 aromatic heterocycles. The van der Waals surface area contributed by atoms with E-state index in [1.165, 1.54) is 6.20 Å². The SMILES string of the molecule is CCc1nc2c(N)nc3ccccc3c2n1CCCCCC(=O)c1cnccn1. The average Bonchev–Trinajstić information content (AvgIpc) is 3.13. The number of pyridine rings is 1. The van der Waals surface area contributed by atoms with Gasteiger partial charge in [-0.05, 0) is 18.9 Å². The molecule has 148 valence electrons. The zero-order valence-corrected chi connectivity index (χ0v) is 16.5. The molecule has 1 aromatic carbocycles. The molecule has 2 N–H and O–H groups in total. The summed E-state index contributed by atoms with van der Waals surface area (Å²) in [5.74, 6) is 1.53. The van der Waals surface area contributed by atoms with Crippen LogP contribution in [0.15, 0.2) is 42.9 Å². The van der Waals surface area contributed by atoms with Crippen LogP contribution in [0.4, 0.5) is 5.82 Å². The molecule has 7 heteroatoms. The minimum atomic E-state index is 0.0465. The number of Topliss-reactive ketones (excluding diaryl/α,β-unsaturated/α-hetero) is 1. The Balaban J connectivity index is 1.48. The molecule has 0 bridgehead atoms. The largest absolute Gasteiger partial charge is 0.382 e. The van der Waals surface area contributed by atoms with Crippen LogP contribution in [0.2, 0.25) is 0 Å². The van der Waals surface area contributed by atoms with Gasteiger partial charge < -0.3 is 10.3 Å². The van der Waals surface area contributed by atoms with E-state index in [4.69, 9.17) is 10.7 Å². The Morgan fingerprint density at radius 3 is 2.76 bits per heavy atom. The summed E-state index contributed by atoms with van der Waals surface area (Å²) in [5.41, 5.74) is 9.35. The van der Waals surface area contributed by atoms with Gasteiger partial charge in [0.05, 0.1) is 17.2 Å². The fourth-order valence-electron chi connectivity index (χ4n) is 3.72. The molecule has 0 spiro atoms. The molecule has 4 aromatic rings. The van der Waals surface area contributed by atoms with Gasteiger partial charge >= 0.3 is 0 Å². The number of hydrogen-bond acceptors (Lipinski definition) is 6. The van der Waals surface area contributed by atoms with Crippen LogP contribution in [0.25, 0.3) is 21.9 Å². The first-order chi connectivity index (χ1) is 14.2. The quantitative estimate of drug-likeness (QED) is 0.362. The second-order valence-electron chi connectivity index (χ2n) is 7.07. The van der Waals surface area contributed by atoms with Crippen molar-refractivity contribution in [3.05, 3.63) is 54.4 Å². The summed E-state index contributed by atoms with van der Waals surface area (Å²) in [7, 11) is 0. The first kappa shape index (κ1) is 19.0. The average molecular weight is 388 g/mol. The van der Waals surface area contributed by atoms with Crippen LogP contribution in [-0.2, 0) is 13.0 Å². The van der Waals surface area contributed by atoms with E-state index in [2.05, 4.69) is 32.5 Å². The van der Waals surface area contributed by atoms with Gasteiger partial charge in [0.2, 0.25) is 0 Å². The summed E-state index contributed by atoms with van der Waals surface area (Å²) in [4.78, 5) is 29.4.